The molecule has 3 heteroatoms. The highest BCUT2D eigenvalue weighted by Crippen LogP contribution is 2.36. The van der Waals surface area contributed by atoms with E-state index in [9.17, 15) is 10.1 Å². The Morgan fingerprint density at radius 2 is 2.12 bits per heavy atom. The van der Waals surface area contributed by atoms with Gasteiger partial charge in [-0.25, -0.2) is 4.79 Å². The smallest absolute Gasteiger partial charge is 0.335 e. The number of hydrogen-bond donors (Lipinski definition) is 0. The van der Waals surface area contributed by atoms with Crippen LogP contribution in [0.5, 0.6) is 0 Å². The van der Waals surface area contributed by atoms with Gasteiger partial charge in [-0.2, -0.15) is 5.26 Å². The van der Waals surface area contributed by atoms with Crippen molar-refractivity contribution in [2.75, 3.05) is 6.61 Å². The molecule has 16 heavy (non-hydrogen) atoms. The molecule has 0 aliphatic carbocycles. The van der Waals surface area contributed by atoms with Crippen molar-refractivity contribution in [1.29, 1.82) is 5.26 Å². The van der Waals surface area contributed by atoms with Gasteiger partial charge in [-0.05, 0) is 12.0 Å². The van der Waals surface area contributed by atoms with Gasteiger partial charge in [0.25, 0.3) is 0 Å². The Morgan fingerprint density at radius 3 is 2.62 bits per heavy atom. The summed E-state index contributed by atoms with van der Waals surface area (Å²) in [7, 11) is 0. The lowest BCUT2D eigenvalue weighted by molar-refractivity contribution is -0.135. The quantitative estimate of drug-likeness (QED) is 0.556. The molecule has 1 aromatic rings. The number of esters is 1. The van der Waals surface area contributed by atoms with Crippen LogP contribution in [0, 0.1) is 16.7 Å². The Hall–Kier alpha value is -2.08. The first-order chi connectivity index (χ1) is 7.68. The number of nitrogens with zero attached hydrogens (tertiary/aromatic N) is 1. The van der Waals surface area contributed by atoms with Gasteiger partial charge in [0, 0.05) is 0 Å². The van der Waals surface area contributed by atoms with E-state index in [1.165, 1.54) is 0 Å². The highest BCUT2D eigenvalue weighted by atomic mass is 16.5. The van der Waals surface area contributed by atoms with Crippen LogP contribution < -0.4 is 0 Å². The monoisotopic (exact) mass is 213 g/mol. The highest BCUT2D eigenvalue weighted by molar-refractivity contribution is 5.92. The zero-order chi connectivity index (χ0) is 11.6. The van der Waals surface area contributed by atoms with Crippen molar-refractivity contribution < 1.29 is 9.53 Å². The zero-order valence-corrected chi connectivity index (χ0v) is 8.77. The van der Waals surface area contributed by atoms with Crippen molar-refractivity contribution in [3.05, 3.63) is 48.0 Å². The first kappa shape index (κ1) is 10.4. The first-order valence-corrected chi connectivity index (χ1v) is 5.00. The maximum Gasteiger partial charge on any atom is 0.335 e. The van der Waals surface area contributed by atoms with Gasteiger partial charge >= 0.3 is 5.97 Å². The lowest BCUT2D eigenvalue weighted by Gasteiger charge is -2.17. The molecule has 1 aromatic carbocycles. The van der Waals surface area contributed by atoms with E-state index < -0.39 is 11.4 Å². The van der Waals surface area contributed by atoms with Crippen molar-refractivity contribution in [1.82, 2.24) is 0 Å². The molecule has 0 saturated carbocycles. The van der Waals surface area contributed by atoms with Crippen molar-refractivity contribution in [2.45, 2.75) is 6.42 Å². The second-order valence-corrected chi connectivity index (χ2v) is 3.91. The second kappa shape index (κ2) is 3.82. The molecule has 1 saturated heterocycles. The third kappa shape index (κ3) is 1.59. The lowest BCUT2D eigenvalue weighted by atomic mass is 9.79. The standard InChI is InChI=1S/C13H11NO2/c1-10-12(15)16-9-13(10,8-14)7-11-5-3-2-4-6-11/h2-6H,1,7,9H2/t13-/m0/s1. The van der Waals surface area contributed by atoms with Gasteiger partial charge < -0.3 is 4.74 Å². The average molecular weight is 213 g/mol. The van der Waals surface area contributed by atoms with Gasteiger partial charge in [-0.1, -0.05) is 36.9 Å². The summed E-state index contributed by atoms with van der Waals surface area (Å²) in [5.74, 6) is -0.461. The minimum atomic E-state index is -0.890. The van der Waals surface area contributed by atoms with E-state index in [-0.39, 0.29) is 12.2 Å². The molecule has 1 atom stereocenters. The Bertz CT molecular complexity index is 472. The molecular weight excluding hydrogens is 202 g/mol. The fraction of sp³-hybridized carbons (Fsp3) is 0.231. The lowest BCUT2D eigenvalue weighted by Crippen LogP contribution is -2.24. The summed E-state index contributed by atoms with van der Waals surface area (Å²) in [4.78, 5) is 11.3. The van der Waals surface area contributed by atoms with Crippen molar-refractivity contribution >= 4 is 5.97 Å². The van der Waals surface area contributed by atoms with Crippen molar-refractivity contribution in [3.63, 3.8) is 0 Å². The summed E-state index contributed by atoms with van der Waals surface area (Å²) >= 11 is 0. The Labute approximate surface area is 94.0 Å². The predicted octanol–water partition coefficient (Wildman–Crippen LogP) is 1.85. The summed E-state index contributed by atoms with van der Waals surface area (Å²) in [6.45, 7) is 3.77. The van der Waals surface area contributed by atoms with Crippen LogP contribution in [0.15, 0.2) is 42.5 Å². The number of carbonyl (C=O) groups is 1. The van der Waals surface area contributed by atoms with E-state index in [0.29, 0.717) is 6.42 Å². The number of cyclic esters (lactones) is 1. The Kier molecular flexibility index (Phi) is 2.49. The van der Waals surface area contributed by atoms with Crippen LogP contribution in [0.1, 0.15) is 5.56 Å². The molecule has 0 radical (unpaired) electrons. The number of benzene rings is 1. The van der Waals surface area contributed by atoms with E-state index in [1.807, 2.05) is 30.3 Å². The maximum atomic E-state index is 11.3. The molecule has 1 fully saturated rings. The summed E-state index contributed by atoms with van der Waals surface area (Å²) in [5, 5.41) is 9.22. The minimum absolute atomic E-state index is 0.107. The largest absolute Gasteiger partial charge is 0.460 e. The fourth-order valence-corrected chi connectivity index (χ4v) is 1.80. The van der Waals surface area contributed by atoms with E-state index in [2.05, 4.69) is 12.6 Å². The number of rotatable bonds is 2. The van der Waals surface area contributed by atoms with Gasteiger partial charge in [-0.15, -0.1) is 0 Å². The number of nitriles is 1. The first-order valence-electron chi connectivity index (χ1n) is 5.00. The summed E-state index contributed by atoms with van der Waals surface area (Å²) < 4.78 is 4.88. The average Bonchev–Trinajstić information content (AvgIpc) is 2.60. The van der Waals surface area contributed by atoms with Crippen LogP contribution >= 0.6 is 0 Å². The minimum Gasteiger partial charge on any atom is -0.460 e. The molecule has 2 rings (SSSR count). The van der Waals surface area contributed by atoms with Crippen LogP contribution in [-0.4, -0.2) is 12.6 Å². The molecular formula is C13H11NO2. The fourth-order valence-electron chi connectivity index (χ4n) is 1.80. The second-order valence-electron chi connectivity index (χ2n) is 3.91. The van der Waals surface area contributed by atoms with Crippen molar-refractivity contribution in [3.8, 4) is 6.07 Å². The highest BCUT2D eigenvalue weighted by Gasteiger charge is 2.45. The summed E-state index contributed by atoms with van der Waals surface area (Å²) in [5.41, 5.74) is 0.376. The van der Waals surface area contributed by atoms with E-state index in [4.69, 9.17) is 4.74 Å². The van der Waals surface area contributed by atoms with Crippen LogP contribution in [0.3, 0.4) is 0 Å². The molecule has 0 amide bonds. The molecule has 1 heterocycles. The topological polar surface area (TPSA) is 50.1 Å². The van der Waals surface area contributed by atoms with Crippen LogP contribution in [0.4, 0.5) is 0 Å². The molecule has 3 nitrogen and oxygen atoms in total. The normalized spacial score (nSPS) is 23.9. The third-order valence-electron chi connectivity index (χ3n) is 2.84. The molecule has 0 unspecified atom stereocenters. The molecule has 80 valence electrons. The molecule has 1 aliphatic heterocycles. The Morgan fingerprint density at radius 1 is 1.44 bits per heavy atom. The maximum absolute atomic E-state index is 11.3. The molecule has 0 spiro atoms. The SMILES string of the molecule is C=C1C(=O)OC[C@@]1(C#N)Cc1ccccc1. The number of carbonyl (C=O) groups excluding carboxylic acids is 1. The molecule has 0 aromatic heterocycles. The summed E-state index contributed by atoms with van der Waals surface area (Å²) in [6.07, 6.45) is 0.467. The van der Waals surface area contributed by atoms with E-state index in [0.717, 1.165) is 5.56 Å². The van der Waals surface area contributed by atoms with Gasteiger partial charge in [0.05, 0.1) is 11.6 Å². The van der Waals surface area contributed by atoms with Crippen LogP contribution in [0.2, 0.25) is 0 Å². The van der Waals surface area contributed by atoms with E-state index in [1.54, 1.807) is 0 Å². The van der Waals surface area contributed by atoms with Gasteiger partial charge in [-0.3, -0.25) is 0 Å². The van der Waals surface area contributed by atoms with Gasteiger partial charge in [0.1, 0.15) is 12.0 Å². The van der Waals surface area contributed by atoms with Gasteiger partial charge in [0.2, 0.25) is 0 Å². The van der Waals surface area contributed by atoms with Crippen molar-refractivity contribution in [2.24, 2.45) is 5.41 Å². The van der Waals surface area contributed by atoms with Gasteiger partial charge in [0.15, 0.2) is 0 Å². The molecule has 1 aliphatic rings. The molecule has 0 bridgehead atoms. The summed E-state index contributed by atoms with van der Waals surface area (Å²) in [6, 6.07) is 11.7. The molecule has 0 N–H and O–H groups in total. The number of hydrogen-bond acceptors (Lipinski definition) is 3. The zero-order valence-electron chi connectivity index (χ0n) is 8.77. The van der Waals surface area contributed by atoms with Crippen LogP contribution in [-0.2, 0) is 16.0 Å². The number of ether oxygens (including phenoxy) is 1. The van der Waals surface area contributed by atoms with Crippen LogP contribution in [0.25, 0.3) is 0 Å². The Balaban J connectivity index is 2.29. The third-order valence-corrected chi connectivity index (χ3v) is 2.84. The van der Waals surface area contributed by atoms with E-state index >= 15 is 0 Å². The predicted molar refractivity (Wildman–Crippen MR) is 58.3 cm³/mol.